The van der Waals surface area contributed by atoms with E-state index in [0.717, 1.165) is 6.26 Å². The molecule has 0 spiro atoms. The molecule has 0 bridgehead atoms. The lowest BCUT2D eigenvalue weighted by atomic mass is 10.3. The molecule has 5 nitrogen and oxygen atoms in total. The summed E-state index contributed by atoms with van der Waals surface area (Å²) in [5, 5.41) is 1.76. The van der Waals surface area contributed by atoms with Crippen LogP contribution in [0, 0.1) is 0 Å². The molecular weight excluding hydrogens is 323 g/mol. The van der Waals surface area contributed by atoms with Gasteiger partial charge in [0, 0.05) is 12.7 Å². The maximum Gasteiger partial charge on any atom is 0.405 e. The van der Waals surface area contributed by atoms with E-state index in [1.165, 1.54) is 24.3 Å². The average Bonchev–Trinajstić information content (AvgIpc) is 2.40. The second-order valence-corrected chi connectivity index (χ2v) is 6.60. The first-order valence-electron chi connectivity index (χ1n) is 6.34. The molecule has 22 heavy (non-hydrogen) atoms. The molecule has 124 valence electrons. The summed E-state index contributed by atoms with van der Waals surface area (Å²) in [7, 11) is -3.27. The van der Waals surface area contributed by atoms with Crippen LogP contribution in [0.25, 0.3) is 0 Å². The minimum Gasteiger partial charge on any atom is -0.494 e. The fraction of sp³-hybridized carbons (Fsp3) is 0.462. The van der Waals surface area contributed by atoms with Crippen LogP contribution in [0.2, 0.25) is 0 Å². The van der Waals surface area contributed by atoms with Crippen molar-refractivity contribution in [2.24, 2.45) is 0 Å². The van der Waals surface area contributed by atoms with Gasteiger partial charge in [0.15, 0.2) is 9.84 Å². The Hall–Kier alpha value is -1.77. The summed E-state index contributed by atoms with van der Waals surface area (Å²) < 4.78 is 63.3. The molecule has 0 saturated carbocycles. The van der Waals surface area contributed by atoms with E-state index >= 15 is 0 Å². The Morgan fingerprint density at radius 2 is 1.82 bits per heavy atom. The molecule has 1 aromatic rings. The number of alkyl halides is 3. The third-order valence-electron chi connectivity index (χ3n) is 2.55. The Kier molecular flexibility index (Phi) is 6.21. The summed E-state index contributed by atoms with van der Waals surface area (Å²) in [6.45, 7) is -1.21. The highest BCUT2D eigenvalue weighted by Gasteiger charge is 2.27. The Morgan fingerprint density at radius 3 is 2.32 bits per heavy atom. The quantitative estimate of drug-likeness (QED) is 0.771. The lowest BCUT2D eigenvalue weighted by Gasteiger charge is -2.09. The van der Waals surface area contributed by atoms with E-state index in [4.69, 9.17) is 4.74 Å². The molecule has 1 amide bonds. The van der Waals surface area contributed by atoms with Crippen molar-refractivity contribution in [1.82, 2.24) is 5.32 Å². The van der Waals surface area contributed by atoms with Crippen molar-refractivity contribution in [3.05, 3.63) is 24.3 Å². The summed E-state index contributed by atoms with van der Waals surface area (Å²) in [5.74, 6) is -0.281. The smallest absolute Gasteiger partial charge is 0.405 e. The summed E-state index contributed by atoms with van der Waals surface area (Å²) in [6.07, 6.45) is -3.18. The molecule has 0 aromatic heterocycles. The van der Waals surface area contributed by atoms with E-state index in [-0.39, 0.29) is 24.3 Å². The van der Waals surface area contributed by atoms with Crippen LogP contribution in [0.5, 0.6) is 5.75 Å². The van der Waals surface area contributed by atoms with Crippen molar-refractivity contribution in [2.45, 2.75) is 23.9 Å². The van der Waals surface area contributed by atoms with E-state index < -0.39 is 28.5 Å². The molecule has 0 radical (unpaired) electrons. The maximum absolute atomic E-state index is 11.9. The number of carbonyl (C=O) groups is 1. The lowest BCUT2D eigenvalue weighted by molar-refractivity contribution is -0.138. The van der Waals surface area contributed by atoms with Gasteiger partial charge >= 0.3 is 6.18 Å². The average molecular weight is 339 g/mol. The van der Waals surface area contributed by atoms with E-state index in [1.54, 1.807) is 5.32 Å². The molecule has 0 aliphatic rings. The first-order valence-corrected chi connectivity index (χ1v) is 8.23. The predicted octanol–water partition coefficient (Wildman–Crippen LogP) is 1.93. The van der Waals surface area contributed by atoms with Crippen molar-refractivity contribution in [3.63, 3.8) is 0 Å². The molecule has 0 aliphatic carbocycles. The Labute approximate surface area is 126 Å². The number of hydrogen-bond donors (Lipinski definition) is 1. The molecule has 0 unspecified atom stereocenters. The molecule has 1 aromatic carbocycles. The van der Waals surface area contributed by atoms with Crippen molar-refractivity contribution < 1.29 is 31.1 Å². The number of hydrogen-bond acceptors (Lipinski definition) is 4. The summed E-state index contributed by atoms with van der Waals surface area (Å²) in [5.41, 5.74) is 0. The second-order valence-electron chi connectivity index (χ2n) is 4.59. The van der Waals surface area contributed by atoms with Gasteiger partial charge in [-0.25, -0.2) is 8.42 Å². The minimum atomic E-state index is -4.42. The van der Waals surface area contributed by atoms with Gasteiger partial charge in [0.1, 0.15) is 12.3 Å². The zero-order chi connectivity index (χ0) is 16.8. The highest BCUT2D eigenvalue weighted by Crippen LogP contribution is 2.16. The number of rotatable bonds is 7. The second kappa shape index (κ2) is 7.48. The first kappa shape index (κ1) is 18.3. The first-order chi connectivity index (χ1) is 10.1. The van der Waals surface area contributed by atoms with Crippen LogP contribution in [0.4, 0.5) is 13.2 Å². The highest BCUT2D eigenvalue weighted by atomic mass is 32.2. The van der Waals surface area contributed by atoms with Gasteiger partial charge in [-0.3, -0.25) is 4.79 Å². The Bertz CT molecular complexity index is 597. The zero-order valence-electron chi connectivity index (χ0n) is 11.8. The predicted molar refractivity (Wildman–Crippen MR) is 73.3 cm³/mol. The van der Waals surface area contributed by atoms with Crippen LogP contribution in [-0.2, 0) is 14.6 Å². The van der Waals surface area contributed by atoms with Gasteiger partial charge in [-0.2, -0.15) is 13.2 Å². The van der Waals surface area contributed by atoms with Crippen LogP contribution in [0.15, 0.2) is 29.2 Å². The van der Waals surface area contributed by atoms with Gasteiger partial charge in [-0.15, -0.1) is 0 Å². The van der Waals surface area contributed by atoms with E-state index in [0.29, 0.717) is 5.75 Å². The van der Waals surface area contributed by atoms with Gasteiger partial charge < -0.3 is 10.1 Å². The van der Waals surface area contributed by atoms with Crippen LogP contribution in [0.3, 0.4) is 0 Å². The number of nitrogens with one attached hydrogen (secondary N) is 1. The molecule has 0 fully saturated rings. The molecule has 0 heterocycles. The largest absolute Gasteiger partial charge is 0.494 e. The molecule has 0 aliphatic heterocycles. The summed E-state index contributed by atoms with van der Waals surface area (Å²) in [6, 6.07) is 5.72. The lowest BCUT2D eigenvalue weighted by Crippen LogP contribution is -2.33. The third kappa shape index (κ3) is 7.30. The SMILES string of the molecule is CS(=O)(=O)c1ccc(OCCCC(=O)NCC(F)(F)F)cc1. The third-order valence-corrected chi connectivity index (χ3v) is 3.68. The molecule has 0 saturated heterocycles. The molecule has 1 N–H and O–H groups in total. The molecule has 1 rings (SSSR count). The molecular formula is C13H16F3NO4S. The van der Waals surface area contributed by atoms with Crippen molar-refractivity contribution >= 4 is 15.7 Å². The van der Waals surface area contributed by atoms with Gasteiger partial charge in [-0.1, -0.05) is 0 Å². The number of benzene rings is 1. The van der Waals surface area contributed by atoms with E-state index in [9.17, 15) is 26.4 Å². The number of halogens is 3. The van der Waals surface area contributed by atoms with Crippen LogP contribution in [0.1, 0.15) is 12.8 Å². The number of carbonyl (C=O) groups excluding carboxylic acids is 1. The van der Waals surface area contributed by atoms with E-state index in [2.05, 4.69) is 0 Å². The van der Waals surface area contributed by atoms with Crippen LogP contribution >= 0.6 is 0 Å². The molecule has 0 atom stereocenters. The van der Waals surface area contributed by atoms with Crippen LogP contribution < -0.4 is 10.1 Å². The fourth-order valence-electron chi connectivity index (χ4n) is 1.49. The number of amides is 1. The van der Waals surface area contributed by atoms with Gasteiger partial charge in [0.25, 0.3) is 0 Å². The molecule has 9 heteroatoms. The Balaban J connectivity index is 2.29. The van der Waals surface area contributed by atoms with E-state index in [1.807, 2.05) is 0 Å². The highest BCUT2D eigenvalue weighted by molar-refractivity contribution is 7.90. The van der Waals surface area contributed by atoms with Gasteiger partial charge in [-0.05, 0) is 30.7 Å². The zero-order valence-corrected chi connectivity index (χ0v) is 12.6. The maximum atomic E-state index is 11.9. The minimum absolute atomic E-state index is 0.0858. The van der Waals surface area contributed by atoms with Crippen LogP contribution in [-0.4, -0.2) is 39.9 Å². The van der Waals surface area contributed by atoms with Gasteiger partial charge in [0.05, 0.1) is 11.5 Å². The topological polar surface area (TPSA) is 72.5 Å². The fourth-order valence-corrected chi connectivity index (χ4v) is 2.12. The van der Waals surface area contributed by atoms with Crippen molar-refractivity contribution in [3.8, 4) is 5.75 Å². The number of sulfone groups is 1. The normalized spacial score (nSPS) is 12.0. The van der Waals surface area contributed by atoms with Crippen molar-refractivity contribution in [2.75, 3.05) is 19.4 Å². The summed E-state index contributed by atoms with van der Waals surface area (Å²) in [4.78, 5) is 11.3. The standard InChI is InChI=1S/C13H16F3NO4S/c1-22(19,20)11-6-4-10(5-7-11)21-8-2-3-12(18)17-9-13(14,15)16/h4-7H,2-3,8-9H2,1H3,(H,17,18). The monoisotopic (exact) mass is 339 g/mol. The summed E-state index contributed by atoms with van der Waals surface area (Å²) >= 11 is 0. The van der Waals surface area contributed by atoms with Gasteiger partial charge in [0.2, 0.25) is 5.91 Å². The number of ether oxygens (including phenoxy) is 1. The Morgan fingerprint density at radius 1 is 1.23 bits per heavy atom. The van der Waals surface area contributed by atoms with Crippen molar-refractivity contribution in [1.29, 1.82) is 0 Å².